The summed E-state index contributed by atoms with van der Waals surface area (Å²) in [6, 6.07) is 8.97. The van der Waals surface area contributed by atoms with Gasteiger partial charge in [-0.05, 0) is 49.8 Å². The molecule has 136 valence electrons. The maximum atomic E-state index is 12.3. The molecule has 0 aliphatic heterocycles. The summed E-state index contributed by atoms with van der Waals surface area (Å²) >= 11 is 0. The van der Waals surface area contributed by atoms with Crippen LogP contribution in [0.15, 0.2) is 41.0 Å². The molecule has 0 aliphatic carbocycles. The molecule has 25 heavy (non-hydrogen) atoms. The van der Waals surface area contributed by atoms with Crippen LogP contribution in [0, 0.1) is 0 Å². The maximum Gasteiger partial charge on any atom is 0.338 e. The highest BCUT2D eigenvalue weighted by atomic mass is 16.5. The molecule has 0 saturated heterocycles. The molecule has 1 aromatic carbocycles. The van der Waals surface area contributed by atoms with Crippen molar-refractivity contribution in [3.05, 3.63) is 42.2 Å². The first kappa shape index (κ1) is 19.1. The van der Waals surface area contributed by atoms with E-state index in [1.807, 2.05) is 19.1 Å². The van der Waals surface area contributed by atoms with E-state index in [1.165, 1.54) is 0 Å². The van der Waals surface area contributed by atoms with Gasteiger partial charge in [0.05, 0.1) is 24.0 Å². The largest absolute Gasteiger partial charge is 0.493 e. The zero-order valence-electron chi connectivity index (χ0n) is 15.3. The molecule has 0 saturated carbocycles. The van der Waals surface area contributed by atoms with Crippen LogP contribution in [0.2, 0.25) is 0 Å². The van der Waals surface area contributed by atoms with Gasteiger partial charge in [0.1, 0.15) is 18.1 Å². The van der Waals surface area contributed by atoms with Crippen LogP contribution in [-0.2, 0) is 4.74 Å². The third-order valence-electron chi connectivity index (χ3n) is 4.00. The summed E-state index contributed by atoms with van der Waals surface area (Å²) in [5.41, 5.74) is 1.26. The number of carbonyl (C=O) groups excluding carboxylic acids is 1. The smallest absolute Gasteiger partial charge is 0.338 e. The molecule has 5 heteroatoms. The minimum Gasteiger partial charge on any atom is -0.493 e. The van der Waals surface area contributed by atoms with Gasteiger partial charge >= 0.3 is 5.97 Å². The second-order valence-corrected chi connectivity index (χ2v) is 5.70. The monoisotopic (exact) mass is 345 g/mol. The van der Waals surface area contributed by atoms with Gasteiger partial charge in [0.25, 0.3) is 0 Å². The van der Waals surface area contributed by atoms with Crippen molar-refractivity contribution in [3.8, 4) is 17.1 Å². The highest BCUT2D eigenvalue weighted by Gasteiger charge is 2.15. The number of rotatable bonds is 10. The molecule has 0 unspecified atom stereocenters. The zero-order valence-corrected chi connectivity index (χ0v) is 15.3. The fourth-order valence-electron chi connectivity index (χ4n) is 2.51. The molecule has 0 aliphatic rings. The molecular weight excluding hydrogens is 318 g/mol. The average Bonchev–Trinajstić information content (AvgIpc) is 3.18. The minimum atomic E-state index is -0.331. The Hall–Kier alpha value is -2.27. The SMILES string of the molecule is CCCOc1ccc(C(=O)OCCN(CC)CC)cc1-c1ccco1. The van der Waals surface area contributed by atoms with Crippen molar-refractivity contribution in [1.82, 2.24) is 4.90 Å². The molecule has 0 bridgehead atoms. The van der Waals surface area contributed by atoms with Gasteiger partial charge in [0.15, 0.2) is 0 Å². The van der Waals surface area contributed by atoms with Crippen molar-refractivity contribution in [3.63, 3.8) is 0 Å². The zero-order chi connectivity index (χ0) is 18.1. The highest BCUT2D eigenvalue weighted by Crippen LogP contribution is 2.31. The first-order valence-corrected chi connectivity index (χ1v) is 8.89. The molecule has 1 heterocycles. The third kappa shape index (κ3) is 5.36. The van der Waals surface area contributed by atoms with E-state index < -0.39 is 0 Å². The Balaban J connectivity index is 2.10. The lowest BCUT2D eigenvalue weighted by Crippen LogP contribution is -2.27. The van der Waals surface area contributed by atoms with Crippen LogP contribution >= 0.6 is 0 Å². The number of furan rings is 1. The molecule has 2 aromatic rings. The Labute approximate surface area is 149 Å². The molecule has 1 aromatic heterocycles. The van der Waals surface area contributed by atoms with Crippen molar-refractivity contribution in [2.24, 2.45) is 0 Å². The Morgan fingerprint density at radius 3 is 2.56 bits per heavy atom. The summed E-state index contributed by atoms with van der Waals surface area (Å²) in [7, 11) is 0. The Morgan fingerprint density at radius 2 is 1.92 bits per heavy atom. The van der Waals surface area contributed by atoms with Gasteiger partial charge in [-0.1, -0.05) is 20.8 Å². The van der Waals surface area contributed by atoms with E-state index in [9.17, 15) is 4.79 Å². The fraction of sp³-hybridized carbons (Fsp3) is 0.450. The van der Waals surface area contributed by atoms with Crippen LogP contribution in [0.4, 0.5) is 0 Å². The number of esters is 1. The number of ether oxygens (including phenoxy) is 2. The van der Waals surface area contributed by atoms with E-state index in [1.54, 1.807) is 24.5 Å². The molecule has 0 spiro atoms. The molecule has 2 rings (SSSR count). The van der Waals surface area contributed by atoms with Crippen LogP contribution in [0.3, 0.4) is 0 Å². The van der Waals surface area contributed by atoms with E-state index in [-0.39, 0.29) is 5.97 Å². The van der Waals surface area contributed by atoms with Crippen molar-refractivity contribution < 1.29 is 18.7 Å². The average molecular weight is 345 g/mol. The maximum absolute atomic E-state index is 12.3. The lowest BCUT2D eigenvalue weighted by molar-refractivity contribution is 0.0466. The van der Waals surface area contributed by atoms with Gasteiger partial charge in [0, 0.05) is 6.54 Å². The number of hydrogen-bond acceptors (Lipinski definition) is 5. The lowest BCUT2D eigenvalue weighted by Gasteiger charge is -2.17. The number of nitrogens with zero attached hydrogens (tertiary/aromatic N) is 1. The van der Waals surface area contributed by atoms with Crippen LogP contribution in [-0.4, -0.2) is 43.7 Å². The van der Waals surface area contributed by atoms with Gasteiger partial charge < -0.3 is 18.8 Å². The highest BCUT2D eigenvalue weighted by molar-refractivity contribution is 5.91. The molecule has 5 nitrogen and oxygen atoms in total. The molecule has 0 amide bonds. The van der Waals surface area contributed by atoms with Crippen LogP contribution < -0.4 is 4.74 Å². The van der Waals surface area contributed by atoms with Gasteiger partial charge in [-0.3, -0.25) is 0 Å². The third-order valence-corrected chi connectivity index (χ3v) is 4.00. The van der Waals surface area contributed by atoms with E-state index >= 15 is 0 Å². The van der Waals surface area contributed by atoms with Crippen LogP contribution in [0.5, 0.6) is 5.75 Å². The topological polar surface area (TPSA) is 51.9 Å². The molecule has 0 atom stereocenters. The van der Waals surface area contributed by atoms with E-state index in [4.69, 9.17) is 13.9 Å². The van der Waals surface area contributed by atoms with Gasteiger partial charge in [-0.2, -0.15) is 0 Å². The van der Waals surface area contributed by atoms with Crippen molar-refractivity contribution in [1.29, 1.82) is 0 Å². The predicted molar refractivity (Wildman–Crippen MR) is 98.0 cm³/mol. The number of likely N-dealkylation sites (N-methyl/N-ethyl adjacent to an activating group) is 1. The number of benzene rings is 1. The minimum absolute atomic E-state index is 0.331. The summed E-state index contributed by atoms with van der Waals surface area (Å²) in [5.74, 6) is 1.04. The van der Waals surface area contributed by atoms with Crippen molar-refractivity contribution in [2.45, 2.75) is 27.2 Å². The van der Waals surface area contributed by atoms with Gasteiger partial charge in [-0.25, -0.2) is 4.79 Å². The summed E-state index contributed by atoms with van der Waals surface area (Å²) in [5, 5.41) is 0. The van der Waals surface area contributed by atoms with Gasteiger partial charge in [-0.15, -0.1) is 0 Å². The Morgan fingerprint density at radius 1 is 1.12 bits per heavy atom. The van der Waals surface area contributed by atoms with Crippen molar-refractivity contribution in [2.75, 3.05) is 32.8 Å². The number of hydrogen-bond donors (Lipinski definition) is 0. The quantitative estimate of drug-likeness (QED) is 0.603. The Kier molecular flexibility index (Phi) is 7.54. The Bertz CT molecular complexity index is 648. The van der Waals surface area contributed by atoms with Crippen LogP contribution in [0.1, 0.15) is 37.6 Å². The second-order valence-electron chi connectivity index (χ2n) is 5.70. The number of carbonyl (C=O) groups is 1. The lowest BCUT2D eigenvalue weighted by atomic mass is 10.1. The van der Waals surface area contributed by atoms with Crippen molar-refractivity contribution >= 4 is 5.97 Å². The van der Waals surface area contributed by atoms with E-state index in [0.29, 0.717) is 30.3 Å². The summed E-state index contributed by atoms with van der Waals surface area (Å²) in [4.78, 5) is 14.5. The fourth-order valence-corrected chi connectivity index (χ4v) is 2.51. The van der Waals surface area contributed by atoms with Gasteiger partial charge in [0.2, 0.25) is 0 Å². The first-order valence-electron chi connectivity index (χ1n) is 8.89. The molecular formula is C20H27NO4. The van der Waals surface area contributed by atoms with Crippen LogP contribution in [0.25, 0.3) is 11.3 Å². The molecule has 0 fully saturated rings. The molecule has 0 radical (unpaired) electrons. The summed E-state index contributed by atoms with van der Waals surface area (Å²) in [6.45, 7) is 9.86. The molecule has 0 N–H and O–H groups in total. The second kappa shape index (κ2) is 9.89. The predicted octanol–water partition coefficient (Wildman–Crippen LogP) is 4.23. The normalized spacial score (nSPS) is 10.9. The first-order chi connectivity index (χ1) is 12.2. The van der Waals surface area contributed by atoms with E-state index in [0.717, 1.165) is 31.6 Å². The van der Waals surface area contributed by atoms with E-state index in [2.05, 4.69) is 18.7 Å². The standard InChI is InChI=1S/C20H27NO4/c1-4-12-23-19-10-9-16(15-17(19)18-8-7-13-24-18)20(22)25-14-11-21(5-2)6-3/h7-10,13,15H,4-6,11-12,14H2,1-3H3. The summed E-state index contributed by atoms with van der Waals surface area (Å²) in [6.07, 6.45) is 2.51. The summed E-state index contributed by atoms with van der Waals surface area (Å²) < 4.78 is 16.6.